The third-order valence-corrected chi connectivity index (χ3v) is 13.1. The zero-order chi connectivity index (χ0) is 42.3. The number of methoxy groups -OCH3 is 1. The number of thiazole rings is 1. The number of esters is 1. The number of hydrogen-bond acceptors (Lipinski definition) is 12. The smallest absolute Gasteiger partial charge is 0.324 e. The van der Waals surface area contributed by atoms with Gasteiger partial charge in [0.15, 0.2) is 0 Å². The predicted octanol–water partition coefficient (Wildman–Crippen LogP) is 6.58. The standard InChI is InChI=1S/C45H54N8O6S/c1-8-52-34-15-14-27-20-29(34)30(39(52)28-12-10-17-47-37(28)26(4)57-7)21-45(5,6)23-59-44(56)32-13-11-19-53(51-32)43(55)38(40(58-9-2)42-49-33(27)22-60-42)50-41(54)36-25(3)35(36)31-16-18-46-24-48-31/h10,12,14-18,20,22,24-26,32,35-36,38,40,51H,8-9,11,13,19,21,23H2,1-7H3,(H,50,54)/t25-,26+,32+,35-,36+,38+,40+/m1/s1. The number of nitrogens with zero attached hydrogens (tertiary/aromatic N) is 6. The molecule has 316 valence electrons. The Hall–Kier alpha value is -5.09. The van der Waals surface area contributed by atoms with Crippen molar-refractivity contribution >= 4 is 40.0 Å². The van der Waals surface area contributed by atoms with Crippen LogP contribution in [0.25, 0.3) is 33.4 Å². The van der Waals surface area contributed by atoms with Gasteiger partial charge in [0.1, 0.15) is 29.5 Å². The zero-order valence-electron chi connectivity index (χ0n) is 35.3. The molecule has 2 amide bonds. The molecule has 60 heavy (non-hydrogen) atoms. The summed E-state index contributed by atoms with van der Waals surface area (Å²) in [6, 6.07) is 10.4. The number of hydrazine groups is 1. The molecular formula is C45H54N8O6S. The number of carbonyl (C=O) groups is 3. The molecule has 2 fully saturated rings. The largest absolute Gasteiger partial charge is 0.464 e. The van der Waals surface area contributed by atoms with Gasteiger partial charge in [0.05, 0.1) is 29.8 Å². The fourth-order valence-corrected chi connectivity index (χ4v) is 9.92. The number of nitrogens with one attached hydrogen (secondary N) is 2. The molecule has 2 N–H and O–H groups in total. The van der Waals surface area contributed by atoms with Crippen LogP contribution in [-0.4, -0.2) is 86.2 Å². The highest BCUT2D eigenvalue weighted by molar-refractivity contribution is 7.10. The summed E-state index contributed by atoms with van der Waals surface area (Å²) in [6.07, 6.45) is 5.43. The Bertz CT molecular complexity index is 2380. The third kappa shape index (κ3) is 7.95. The summed E-state index contributed by atoms with van der Waals surface area (Å²) in [6.45, 7) is 13.7. The number of pyridine rings is 1. The molecule has 1 saturated heterocycles. The van der Waals surface area contributed by atoms with Gasteiger partial charge in [-0.05, 0) is 81.8 Å². The molecule has 2 aliphatic heterocycles. The molecule has 0 spiro atoms. The summed E-state index contributed by atoms with van der Waals surface area (Å²) in [5.74, 6) is -1.60. The minimum Gasteiger partial charge on any atom is -0.464 e. The number of aryl methyl sites for hydroxylation is 1. The van der Waals surface area contributed by atoms with E-state index in [2.05, 4.69) is 70.3 Å². The second-order valence-corrected chi connectivity index (χ2v) is 17.7. The van der Waals surface area contributed by atoms with Gasteiger partial charge in [0.25, 0.3) is 5.91 Å². The number of hydrogen-bond donors (Lipinski definition) is 2. The normalized spacial score (nSPS) is 24.8. The second kappa shape index (κ2) is 17.1. The van der Waals surface area contributed by atoms with Crippen molar-refractivity contribution in [3.63, 3.8) is 0 Å². The summed E-state index contributed by atoms with van der Waals surface area (Å²) in [5, 5.41) is 8.14. The van der Waals surface area contributed by atoms with Gasteiger partial charge in [-0.15, -0.1) is 11.3 Å². The van der Waals surface area contributed by atoms with Crippen molar-refractivity contribution in [1.29, 1.82) is 0 Å². The van der Waals surface area contributed by atoms with Crippen LogP contribution in [0.4, 0.5) is 0 Å². The lowest BCUT2D eigenvalue weighted by Gasteiger charge is -2.37. The first-order chi connectivity index (χ1) is 28.9. The SMILES string of the molecule is CCO[C@@H]1c2nc(cs2)-c2ccc3c(c2)c(c(-c2cccnc2[C@H](C)OC)n3CC)CC(C)(C)COC(=O)[C@@H]2CCCN(N2)C(=O)[C@H]1NC(=O)[C@H]1[C@H](C)[C@@H]1c1ccncn1. The van der Waals surface area contributed by atoms with Crippen molar-refractivity contribution in [3.05, 3.63) is 82.5 Å². The fourth-order valence-electron chi connectivity index (χ4n) is 9.00. The van der Waals surface area contributed by atoms with Crippen LogP contribution < -0.4 is 10.7 Å². The number of ether oxygens (including phenoxy) is 3. The van der Waals surface area contributed by atoms with Gasteiger partial charge >= 0.3 is 5.97 Å². The van der Waals surface area contributed by atoms with Gasteiger partial charge in [-0.1, -0.05) is 26.8 Å². The minimum atomic E-state index is -1.14. The molecule has 15 heteroatoms. The van der Waals surface area contributed by atoms with Crippen molar-refractivity contribution < 1.29 is 28.6 Å². The van der Waals surface area contributed by atoms with E-state index in [1.165, 1.54) is 22.7 Å². The topological polar surface area (TPSA) is 163 Å². The van der Waals surface area contributed by atoms with E-state index in [0.29, 0.717) is 37.4 Å². The predicted molar refractivity (Wildman–Crippen MR) is 227 cm³/mol. The van der Waals surface area contributed by atoms with E-state index in [4.69, 9.17) is 24.2 Å². The highest BCUT2D eigenvalue weighted by Gasteiger charge is 2.54. The Morgan fingerprint density at radius 3 is 2.73 bits per heavy atom. The van der Waals surface area contributed by atoms with Crippen LogP contribution in [0, 0.1) is 17.3 Å². The number of aromatic nitrogens is 5. The summed E-state index contributed by atoms with van der Waals surface area (Å²) in [5.41, 5.74) is 10.1. The summed E-state index contributed by atoms with van der Waals surface area (Å²) in [7, 11) is 1.69. The maximum Gasteiger partial charge on any atom is 0.324 e. The van der Waals surface area contributed by atoms with E-state index in [1.807, 2.05) is 38.3 Å². The molecule has 0 unspecified atom stereocenters. The first-order valence-electron chi connectivity index (χ1n) is 21.0. The number of fused-ring (bicyclic) bond motifs is 6. The summed E-state index contributed by atoms with van der Waals surface area (Å²) < 4.78 is 20.6. The molecule has 4 aromatic heterocycles. The lowest BCUT2D eigenvalue weighted by Crippen LogP contribution is -2.61. The van der Waals surface area contributed by atoms with Gasteiger partial charge < -0.3 is 24.1 Å². The minimum absolute atomic E-state index is 0.0127. The first kappa shape index (κ1) is 41.6. The Labute approximate surface area is 354 Å². The number of amides is 2. The molecule has 1 aliphatic carbocycles. The van der Waals surface area contributed by atoms with Crippen LogP contribution in [0.1, 0.15) is 94.5 Å². The first-order valence-corrected chi connectivity index (χ1v) is 21.8. The summed E-state index contributed by atoms with van der Waals surface area (Å²) in [4.78, 5) is 61.2. The van der Waals surface area contributed by atoms with Crippen LogP contribution >= 0.6 is 11.3 Å². The number of benzene rings is 1. The number of cyclic esters (lactones) is 1. The summed E-state index contributed by atoms with van der Waals surface area (Å²) >= 11 is 1.39. The van der Waals surface area contributed by atoms with Gasteiger partial charge in [0, 0.05) is 89.6 Å². The van der Waals surface area contributed by atoms with Crippen LogP contribution in [0.3, 0.4) is 0 Å². The number of rotatable bonds is 9. The van der Waals surface area contributed by atoms with E-state index in [0.717, 1.165) is 50.4 Å². The second-order valence-electron chi connectivity index (χ2n) is 16.9. The lowest BCUT2D eigenvalue weighted by atomic mass is 9.84. The van der Waals surface area contributed by atoms with E-state index in [9.17, 15) is 14.4 Å². The molecule has 14 nitrogen and oxygen atoms in total. The molecule has 1 saturated carbocycles. The maximum atomic E-state index is 14.7. The van der Waals surface area contributed by atoms with Crippen LogP contribution in [0.15, 0.2) is 60.5 Å². The molecule has 7 atom stereocenters. The lowest BCUT2D eigenvalue weighted by molar-refractivity contribution is -0.156. The van der Waals surface area contributed by atoms with Crippen LogP contribution in [0.5, 0.6) is 0 Å². The molecule has 6 heterocycles. The average molecular weight is 835 g/mol. The maximum absolute atomic E-state index is 14.7. The van der Waals surface area contributed by atoms with Crippen molar-refractivity contribution in [2.45, 2.75) is 97.6 Å². The molecule has 3 aliphatic rings. The Morgan fingerprint density at radius 2 is 1.98 bits per heavy atom. The van der Waals surface area contributed by atoms with E-state index >= 15 is 0 Å². The Kier molecular flexibility index (Phi) is 11.9. The third-order valence-electron chi connectivity index (χ3n) is 12.2. The van der Waals surface area contributed by atoms with E-state index in [-0.39, 0.29) is 37.1 Å². The van der Waals surface area contributed by atoms with Crippen molar-refractivity contribution in [2.75, 3.05) is 26.9 Å². The molecular weight excluding hydrogens is 781 g/mol. The van der Waals surface area contributed by atoms with Gasteiger partial charge in [0.2, 0.25) is 5.91 Å². The molecule has 0 radical (unpaired) electrons. The Morgan fingerprint density at radius 1 is 1.15 bits per heavy atom. The van der Waals surface area contributed by atoms with Crippen LogP contribution in [0.2, 0.25) is 0 Å². The van der Waals surface area contributed by atoms with Crippen molar-refractivity contribution in [1.82, 2.24) is 40.3 Å². The highest BCUT2D eigenvalue weighted by Crippen LogP contribution is 2.53. The average Bonchev–Trinajstić information content (AvgIpc) is 3.55. The van der Waals surface area contributed by atoms with E-state index in [1.54, 1.807) is 19.5 Å². The molecule has 5 aromatic rings. The fraction of sp³-hybridized carbons (Fsp3) is 0.489. The van der Waals surface area contributed by atoms with Crippen molar-refractivity contribution in [3.8, 4) is 22.5 Å². The quantitative estimate of drug-likeness (QED) is 0.154. The zero-order valence-corrected chi connectivity index (χ0v) is 36.1. The van der Waals surface area contributed by atoms with E-state index < -0.39 is 41.4 Å². The molecule has 6 bridgehead atoms. The van der Waals surface area contributed by atoms with Gasteiger partial charge in [-0.2, -0.15) is 0 Å². The van der Waals surface area contributed by atoms with Gasteiger partial charge in [-0.25, -0.2) is 20.4 Å². The Balaban J connectivity index is 1.25. The molecule has 1 aromatic carbocycles. The van der Waals surface area contributed by atoms with Crippen LogP contribution in [-0.2, 0) is 41.6 Å². The monoisotopic (exact) mass is 834 g/mol. The number of carbonyl (C=O) groups excluding carboxylic acids is 3. The van der Waals surface area contributed by atoms with Gasteiger partial charge in [-0.3, -0.25) is 24.4 Å². The molecule has 8 rings (SSSR count). The highest BCUT2D eigenvalue weighted by atomic mass is 32.1. The van der Waals surface area contributed by atoms with Crippen molar-refractivity contribution in [2.24, 2.45) is 17.3 Å².